The first-order chi connectivity index (χ1) is 47.7. The molecule has 6 heterocycles. The van der Waals surface area contributed by atoms with Gasteiger partial charge >= 0.3 is 5.97 Å². The summed E-state index contributed by atoms with van der Waals surface area (Å²) in [6.07, 6.45) is -29.3. The number of nitrogens with zero attached hydrogens (tertiary/aromatic N) is 1. The normalized spacial score (nSPS) is 38.0. The summed E-state index contributed by atoms with van der Waals surface area (Å²) >= 11 is 0. The molecular weight excluding hydrogens is 1330 g/mol. The summed E-state index contributed by atoms with van der Waals surface area (Å²) in [5.74, 6) is -8.47. The molecule has 0 aromatic heterocycles. The predicted octanol–water partition coefficient (Wildman–Crippen LogP) is -12.1. The van der Waals surface area contributed by atoms with Gasteiger partial charge in [0.05, 0.1) is 44.6 Å². The quantitative estimate of drug-likeness (QED) is 0.0516. The smallest absolute Gasteiger partial charge is 0.305 e. The highest BCUT2D eigenvalue weighted by Crippen LogP contribution is 2.34. The van der Waals surface area contributed by atoms with Crippen LogP contribution in [0.25, 0.3) is 0 Å². The summed E-state index contributed by atoms with van der Waals surface area (Å²) in [5, 5.41) is 166. The van der Waals surface area contributed by atoms with Crippen LogP contribution in [0.4, 0.5) is 0 Å². The molecule has 7 fully saturated rings. The molecule has 6 aliphatic heterocycles. The summed E-state index contributed by atoms with van der Waals surface area (Å²) in [6, 6.07) is 1.12. The van der Waals surface area contributed by atoms with E-state index in [9.17, 15) is 90.4 Å². The highest BCUT2D eigenvalue weighted by atomic mass is 16.7. The number of aliphatic hydroxyl groups is 13. The number of nitrogens with two attached hydrogens (primary N) is 2. The van der Waals surface area contributed by atoms with Gasteiger partial charge in [-0.3, -0.25) is 49.5 Å². The topological polar surface area (TPSA) is 601 Å². The minimum absolute atomic E-state index is 0.0559. The highest BCUT2D eigenvalue weighted by molar-refractivity contribution is 5.98. The van der Waals surface area contributed by atoms with Crippen LogP contribution in [-0.4, -0.2) is 318 Å². The first-order valence-electron chi connectivity index (χ1n) is 33.2. The Morgan fingerprint density at radius 1 is 0.620 bits per heavy atom. The van der Waals surface area contributed by atoms with Gasteiger partial charge in [0.1, 0.15) is 141 Å². The molecule has 1 aliphatic carbocycles. The Labute approximate surface area is 572 Å². The second-order valence-electron chi connectivity index (χ2n) is 26.1. The molecule has 100 heavy (non-hydrogen) atoms. The third-order valence-electron chi connectivity index (χ3n) is 19.3. The maximum Gasteiger partial charge on any atom is 0.305 e. The summed E-state index contributed by atoms with van der Waals surface area (Å²) in [5.41, 5.74) is 13.3. The van der Waals surface area contributed by atoms with Crippen LogP contribution in [0.3, 0.4) is 0 Å². The maximum atomic E-state index is 15.3. The average Bonchev–Trinajstić information content (AvgIpc) is 1.44. The zero-order chi connectivity index (χ0) is 72.4. The Bertz CT molecular complexity index is 3060. The number of carbonyl (C=O) groups excluding carboxylic acids is 7. The molecule has 2 aromatic rings. The highest BCUT2D eigenvalue weighted by Gasteiger charge is 2.55. The van der Waals surface area contributed by atoms with E-state index in [0.717, 1.165) is 30.6 Å². The number of aliphatic hydroxyl groups excluding tert-OH is 13. The lowest BCUT2D eigenvalue weighted by atomic mass is 9.92. The van der Waals surface area contributed by atoms with Gasteiger partial charge in [-0.05, 0) is 35.6 Å². The third-order valence-corrected chi connectivity index (χ3v) is 19.3. The molecule has 6 amide bonds. The van der Waals surface area contributed by atoms with Crippen molar-refractivity contribution in [1.29, 1.82) is 0 Å². The zero-order valence-corrected chi connectivity index (χ0v) is 54.5. The van der Waals surface area contributed by atoms with Crippen LogP contribution in [0.2, 0.25) is 0 Å². The van der Waals surface area contributed by atoms with E-state index < -0.39 is 252 Å². The van der Waals surface area contributed by atoms with Crippen molar-refractivity contribution in [1.82, 2.24) is 52.8 Å². The van der Waals surface area contributed by atoms with Crippen LogP contribution in [0.5, 0.6) is 5.75 Å². The van der Waals surface area contributed by atoms with Crippen LogP contribution in [-0.2, 0) is 63.7 Å². The van der Waals surface area contributed by atoms with Crippen molar-refractivity contribution >= 4 is 41.4 Å². The average molecular weight is 1420 g/mol. The van der Waals surface area contributed by atoms with Crippen LogP contribution in [0.15, 0.2) is 54.6 Å². The molecule has 0 radical (unpaired) electrons. The van der Waals surface area contributed by atoms with E-state index in [1.165, 1.54) is 24.3 Å². The van der Waals surface area contributed by atoms with E-state index in [2.05, 4.69) is 47.9 Å². The number of esters is 1. The van der Waals surface area contributed by atoms with Gasteiger partial charge in [-0.15, -0.1) is 0 Å². The van der Waals surface area contributed by atoms with Gasteiger partial charge in [0, 0.05) is 31.8 Å². The van der Waals surface area contributed by atoms with Crippen LogP contribution < -0.4 is 64.1 Å². The number of hydrogen-bond donors (Lipinski definition) is 24. The molecule has 0 spiro atoms. The van der Waals surface area contributed by atoms with Crippen LogP contribution >= 0.6 is 0 Å². The first-order valence-corrected chi connectivity index (χ1v) is 33.2. The van der Waals surface area contributed by atoms with Gasteiger partial charge in [-0.2, -0.15) is 0 Å². The van der Waals surface area contributed by atoms with Gasteiger partial charge in [0.15, 0.2) is 6.29 Å². The monoisotopic (exact) mass is 1420 g/mol. The minimum atomic E-state index is -2.33. The summed E-state index contributed by atoms with van der Waals surface area (Å²) in [6.45, 7) is -3.35. The number of hydrogen-bond acceptors (Lipinski definition) is 32. The predicted molar refractivity (Wildman–Crippen MR) is 337 cm³/mol. The fraction of sp³-hybridized carbons (Fsp3) is 0.694. The summed E-state index contributed by atoms with van der Waals surface area (Å²) < 4.78 is 34.2. The molecule has 9 rings (SSSR count). The van der Waals surface area contributed by atoms with Gasteiger partial charge in [0.2, 0.25) is 41.7 Å². The van der Waals surface area contributed by atoms with Gasteiger partial charge < -0.3 is 138 Å². The van der Waals surface area contributed by atoms with E-state index in [-0.39, 0.29) is 24.3 Å². The van der Waals surface area contributed by atoms with E-state index in [1.807, 2.05) is 0 Å². The number of ether oxygens (including phenoxy) is 6. The standard InChI is InChI=1S/C62H94N12O26/c1-25(28-9-3-2-4-10-28)39-55(92)68-30(17-27-11-14-29(15-12-27)96-59-51(89)48(86)52(35(23-77)99-59)100-60-50(88)47(85)44(82)34(22-76)98-60)54(91)72-40(42(80)31-18-66-61(63)70-31)57(94)73-41(56(93)69-32(21-75)53(90)65-20-37(78)71-39)43(81)33-19-67-62(64)74(33)58-49(87)46(84)45(83)36(97-58)24-95-38(79)16-13-26-7-5-6-8-26/h2-4,9-12,14-15,25-26,30-36,39-52,58-62,66-67,70,75-77,80-89H,5-8,13,16-24,63-64H2,1H3,(H,65,90)(H,68,92)(H,69,93)(H,71,78)(H,72,91)(H,73,94)/t25-,30+,31-,32-,33-,34+,35+,36+,39-,40-,41+,42-,43-,44+,45+,46-,47-,48+,49-,50-,51-,52+,58-,59-,60+,61?,62?/m0/s1. The van der Waals surface area contributed by atoms with E-state index in [1.54, 1.807) is 37.3 Å². The van der Waals surface area contributed by atoms with Crippen molar-refractivity contribution in [3.8, 4) is 5.75 Å². The molecule has 26 N–H and O–H groups in total. The zero-order valence-electron chi connectivity index (χ0n) is 54.5. The molecule has 38 heteroatoms. The second kappa shape index (κ2) is 35.2. The first kappa shape index (κ1) is 77.8. The second-order valence-corrected chi connectivity index (χ2v) is 26.1. The SMILES string of the molecule is C[C@@H](c1ccccc1)[C@@H]1NC(=O)CNC(=O)[C@H](CO)NC(=O)[C@@H]([C@@H](O)[C@@H]2CNC(N)N2[C@H]2O[C@H](COC(=O)CCC3CCCC3)[C@@H](O)[C@H](O)[C@@H]2O)NC(=O)[C@H]([C@@H](O)[C@@H]2CNC(N)N2)NC(=O)[C@@H](Cc2ccc(O[C@H]3O[C@H](CO)[C@@H](O[C@H]4O[C@H](CO)[C@@H](O)[C@H](O)[C@@H]4O)[C@H](O)[C@@H]3O)cc2)NC1=O. The van der Waals surface area contributed by atoms with Gasteiger partial charge in [-0.1, -0.05) is 75.1 Å². The van der Waals surface area contributed by atoms with Crippen LogP contribution in [0.1, 0.15) is 62.5 Å². The summed E-state index contributed by atoms with van der Waals surface area (Å²) in [7, 11) is 0. The molecule has 2 aromatic carbocycles. The Hall–Kier alpha value is -6.39. The number of nitrogens with one attached hydrogen (secondary N) is 9. The van der Waals surface area contributed by atoms with Crippen molar-refractivity contribution < 1.29 is 128 Å². The van der Waals surface area contributed by atoms with Crippen molar-refractivity contribution in [2.24, 2.45) is 17.4 Å². The fourth-order valence-electron chi connectivity index (χ4n) is 13.4. The molecule has 7 aliphatic rings. The maximum absolute atomic E-state index is 15.3. The minimum Gasteiger partial charge on any atom is -0.463 e. The Balaban J connectivity index is 1.00. The molecule has 27 atom stereocenters. The number of amides is 6. The molecular formula is C62H94N12O26. The lowest BCUT2D eigenvalue weighted by Crippen LogP contribution is -2.70. The van der Waals surface area contributed by atoms with E-state index in [0.29, 0.717) is 17.9 Å². The molecule has 2 unspecified atom stereocenters. The number of benzene rings is 2. The van der Waals surface area contributed by atoms with E-state index in [4.69, 9.17) is 39.9 Å². The molecule has 0 bridgehead atoms. The lowest BCUT2D eigenvalue weighted by molar-refractivity contribution is -0.352. The van der Waals surface area contributed by atoms with Crippen molar-refractivity contribution in [2.45, 2.75) is 217 Å². The number of carbonyl (C=O) groups is 7. The Kier molecular flexibility index (Phi) is 27.4. The number of rotatable bonds is 21. The third kappa shape index (κ3) is 18.5. The molecule has 38 nitrogen and oxygen atoms in total. The van der Waals surface area contributed by atoms with E-state index >= 15 is 9.59 Å². The lowest BCUT2D eigenvalue weighted by Gasteiger charge is -2.47. The van der Waals surface area contributed by atoms with Gasteiger partial charge in [-0.25, -0.2) is 4.90 Å². The van der Waals surface area contributed by atoms with Crippen molar-refractivity contribution in [3.05, 3.63) is 65.7 Å². The Morgan fingerprint density at radius 2 is 1.23 bits per heavy atom. The fourth-order valence-corrected chi connectivity index (χ4v) is 13.4. The molecule has 6 saturated heterocycles. The van der Waals surface area contributed by atoms with Crippen LogP contribution in [0, 0.1) is 5.92 Å². The summed E-state index contributed by atoms with van der Waals surface area (Å²) in [4.78, 5) is 102. The van der Waals surface area contributed by atoms with Gasteiger partial charge in [0.25, 0.3) is 0 Å². The molecule has 558 valence electrons. The van der Waals surface area contributed by atoms with Crippen molar-refractivity contribution in [3.63, 3.8) is 0 Å². The largest absolute Gasteiger partial charge is 0.463 e. The van der Waals surface area contributed by atoms with Crippen molar-refractivity contribution in [2.75, 3.05) is 46.1 Å². The Morgan fingerprint density at radius 3 is 1.89 bits per heavy atom. The molecule has 1 saturated carbocycles.